The van der Waals surface area contributed by atoms with Crippen LogP contribution in [-0.4, -0.2) is 16.1 Å². The third-order valence-electron chi connectivity index (χ3n) is 2.35. The van der Waals surface area contributed by atoms with Gasteiger partial charge in [0.25, 0.3) is 0 Å². The molecular formula is C14H15ClN2O. The number of benzene rings is 1. The Morgan fingerprint density at radius 3 is 2.33 bits per heavy atom. The zero-order valence-corrected chi connectivity index (χ0v) is 11.4. The van der Waals surface area contributed by atoms with Crippen molar-refractivity contribution in [1.29, 1.82) is 0 Å². The van der Waals surface area contributed by atoms with Gasteiger partial charge >= 0.3 is 0 Å². The monoisotopic (exact) mass is 262 g/mol. The van der Waals surface area contributed by atoms with Crippen molar-refractivity contribution in [1.82, 2.24) is 9.97 Å². The minimum absolute atomic E-state index is 0.173. The molecule has 3 nitrogen and oxygen atoms in total. The number of nitrogens with zero attached hydrogens (tertiary/aromatic N) is 2. The van der Waals surface area contributed by atoms with E-state index in [1.807, 2.05) is 51.1 Å². The highest BCUT2D eigenvalue weighted by atomic mass is 35.5. The third-order valence-corrected chi connectivity index (χ3v) is 2.52. The summed E-state index contributed by atoms with van der Waals surface area (Å²) in [6.07, 6.45) is 0.173. The first kappa shape index (κ1) is 12.8. The van der Waals surface area contributed by atoms with Crippen LogP contribution in [0.2, 0.25) is 5.28 Å². The maximum absolute atomic E-state index is 5.85. The van der Waals surface area contributed by atoms with E-state index in [0.29, 0.717) is 0 Å². The Balaban J connectivity index is 2.28. The van der Waals surface area contributed by atoms with E-state index < -0.39 is 0 Å². The minimum Gasteiger partial charge on any atom is -0.491 e. The van der Waals surface area contributed by atoms with Crippen LogP contribution in [0.4, 0.5) is 0 Å². The molecule has 0 radical (unpaired) electrons. The summed E-state index contributed by atoms with van der Waals surface area (Å²) < 4.78 is 5.59. The van der Waals surface area contributed by atoms with Crippen molar-refractivity contribution in [3.05, 3.63) is 41.3 Å². The molecule has 0 aliphatic heterocycles. The molecule has 0 N–H and O–H groups in total. The minimum atomic E-state index is 0.173. The van der Waals surface area contributed by atoms with Gasteiger partial charge in [0.15, 0.2) is 0 Å². The Kier molecular flexibility index (Phi) is 3.82. The molecule has 1 aromatic heterocycles. The summed E-state index contributed by atoms with van der Waals surface area (Å²) in [6, 6.07) is 9.71. The quantitative estimate of drug-likeness (QED) is 0.787. The molecule has 4 heteroatoms. The van der Waals surface area contributed by atoms with Crippen molar-refractivity contribution in [2.45, 2.75) is 26.9 Å². The second-order valence-corrected chi connectivity index (χ2v) is 4.69. The van der Waals surface area contributed by atoms with Crippen molar-refractivity contribution in [3.63, 3.8) is 0 Å². The van der Waals surface area contributed by atoms with Crippen LogP contribution < -0.4 is 4.74 Å². The third kappa shape index (κ3) is 3.20. The van der Waals surface area contributed by atoms with Crippen molar-refractivity contribution in [2.24, 2.45) is 0 Å². The molecular weight excluding hydrogens is 248 g/mol. The molecule has 94 valence electrons. The van der Waals surface area contributed by atoms with Crippen molar-refractivity contribution in [2.75, 3.05) is 0 Å². The Morgan fingerprint density at radius 1 is 1.11 bits per heavy atom. The summed E-state index contributed by atoms with van der Waals surface area (Å²) in [5.74, 6) is 0.852. The topological polar surface area (TPSA) is 35.0 Å². The SMILES string of the molecule is Cc1cc(-c2ccc(OC(C)C)cc2)nc(Cl)n1. The van der Waals surface area contributed by atoms with E-state index in [2.05, 4.69) is 9.97 Å². The van der Waals surface area contributed by atoms with Crippen LogP contribution in [0.25, 0.3) is 11.3 Å². The molecule has 2 aromatic rings. The second-order valence-electron chi connectivity index (χ2n) is 4.35. The van der Waals surface area contributed by atoms with E-state index in [0.717, 1.165) is 22.7 Å². The molecule has 1 aromatic carbocycles. The maximum atomic E-state index is 5.85. The summed E-state index contributed by atoms with van der Waals surface area (Å²) >= 11 is 5.85. The highest BCUT2D eigenvalue weighted by molar-refractivity contribution is 6.28. The van der Waals surface area contributed by atoms with Gasteiger partial charge in [0.05, 0.1) is 11.8 Å². The summed E-state index contributed by atoms with van der Waals surface area (Å²) in [6.45, 7) is 5.90. The van der Waals surface area contributed by atoms with Gasteiger partial charge in [-0.25, -0.2) is 9.97 Å². The Morgan fingerprint density at radius 2 is 1.78 bits per heavy atom. The predicted octanol–water partition coefficient (Wildman–Crippen LogP) is 3.89. The van der Waals surface area contributed by atoms with E-state index in [4.69, 9.17) is 16.3 Å². The van der Waals surface area contributed by atoms with E-state index in [1.54, 1.807) is 0 Å². The molecule has 0 saturated heterocycles. The fourth-order valence-electron chi connectivity index (χ4n) is 1.66. The number of aryl methyl sites for hydroxylation is 1. The Hall–Kier alpha value is -1.61. The van der Waals surface area contributed by atoms with E-state index in [-0.39, 0.29) is 11.4 Å². The number of rotatable bonds is 3. The molecule has 0 atom stereocenters. The maximum Gasteiger partial charge on any atom is 0.223 e. The van der Waals surface area contributed by atoms with Crippen molar-refractivity contribution >= 4 is 11.6 Å². The lowest BCUT2D eigenvalue weighted by molar-refractivity contribution is 0.242. The standard InChI is InChI=1S/C14H15ClN2O/c1-9(2)18-12-6-4-11(5-7-12)13-8-10(3)16-14(15)17-13/h4-9H,1-3H3. The molecule has 0 aliphatic carbocycles. The molecule has 0 fully saturated rings. The van der Waals surface area contributed by atoms with Gasteiger partial charge < -0.3 is 4.74 Å². The Bertz CT molecular complexity index is 518. The van der Waals surface area contributed by atoms with Crippen LogP contribution in [-0.2, 0) is 0 Å². The largest absolute Gasteiger partial charge is 0.491 e. The first-order chi connectivity index (χ1) is 8.54. The van der Waals surface area contributed by atoms with Gasteiger partial charge in [-0.3, -0.25) is 0 Å². The number of ether oxygens (including phenoxy) is 1. The first-order valence-electron chi connectivity index (χ1n) is 5.83. The number of aromatic nitrogens is 2. The number of hydrogen-bond donors (Lipinski definition) is 0. The lowest BCUT2D eigenvalue weighted by Crippen LogP contribution is -2.05. The summed E-state index contributed by atoms with van der Waals surface area (Å²) in [5, 5.41) is 0.271. The molecule has 18 heavy (non-hydrogen) atoms. The van der Waals surface area contributed by atoms with Gasteiger partial charge in [-0.15, -0.1) is 0 Å². The molecule has 0 unspecified atom stereocenters. The van der Waals surface area contributed by atoms with Gasteiger partial charge in [-0.05, 0) is 62.7 Å². The van der Waals surface area contributed by atoms with Crippen LogP contribution in [0, 0.1) is 6.92 Å². The van der Waals surface area contributed by atoms with E-state index >= 15 is 0 Å². The van der Waals surface area contributed by atoms with Crippen molar-refractivity contribution in [3.8, 4) is 17.0 Å². The molecule has 0 amide bonds. The molecule has 0 saturated carbocycles. The van der Waals surface area contributed by atoms with Crippen LogP contribution in [0.15, 0.2) is 30.3 Å². The molecule has 0 aliphatic rings. The van der Waals surface area contributed by atoms with Crippen molar-refractivity contribution < 1.29 is 4.74 Å². The number of halogens is 1. The first-order valence-corrected chi connectivity index (χ1v) is 6.20. The van der Waals surface area contributed by atoms with Crippen LogP contribution in [0.3, 0.4) is 0 Å². The lowest BCUT2D eigenvalue weighted by atomic mass is 10.1. The average Bonchev–Trinajstić information content (AvgIpc) is 2.27. The van der Waals surface area contributed by atoms with E-state index in [1.165, 1.54) is 0 Å². The fourth-order valence-corrected chi connectivity index (χ4v) is 1.88. The molecule has 1 heterocycles. The second kappa shape index (κ2) is 5.36. The molecule has 2 rings (SSSR count). The molecule has 0 spiro atoms. The van der Waals surface area contributed by atoms with Crippen LogP contribution in [0.1, 0.15) is 19.5 Å². The van der Waals surface area contributed by atoms with Gasteiger partial charge in [0, 0.05) is 11.3 Å². The van der Waals surface area contributed by atoms with Gasteiger partial charge in [0.2, 0.25) is 5.28 Å². The van der Waals surface area contributed by atoms with Crippen LogP contribution >= 0.6 is 11.6 Å². The highest BCUT2D eigenvalue weighted by Crippen LogP contribution is 2.22. The normalized spacial score (nSPS) is 10.7. The van der Waals surface area contributed by atoms with E-state index in [9.17, 15) is 0 Å². The zero-order valence-electron chi connectivity index (χ0n) is 10.6. The summed E-state index contributed by atoms with van der Waals surface area (Å²) in [5.41, 5.74) is 2.68. The number of hydrogen-bond acceptors (Lipinski definition) is 3. The zero-order chi connectivity index (χ0) is 13.1. The lowest BCUT2D eigenvalue weighted by Gasteiger charge is -2.10. The fraction of sp³-hybridized carbons (Fsp3) is 0.286. The highest BCUT2D eigenvalue weighted by Gasteiger charge is 2.04. The average molecular weight is 263 g/mol. The Labute approximate surface area is 112 Å². The smallest absolute Gasteiger partial charge is 0.223 e. The predicted molar refractivity (Wildman–Crippen MR) is 73.0 cm³/mol. The van der Waals surface area contributed by atoms with Gasteiger partial charge in [-0.1, -0.05) is 0 Å². The van der Waals surface area contributed by atoms with Gasteiger partial charge in [-0.2, -0.15) is 0 Å². The van der Waals surface area contributed by atoms with Crippen LogP contribution in [0.5, 0.6) is 5.75 Å². The summed E-state index contributed by atoms with van der Waals surface area (Å²) in [7, 11) is 0. The molecule has 0 bridgehead atoms. The van der Waals surface area contributed by atoms with Gasteiger partial charge in [0.1, 0.15) is 5.75 Å². The summed E-state index contributed by atoms with van der Waals surface area (Å²) in [4.78, 5) is 8.25.